The fourth-order valence-electron chi connectivity index (χ4n) is 2.86. The van der Waals surface area contributed by atoms with Crippen LogP contribution in [0, 0.1) is 5.92 Å². The summed E-state index contributed by atoms with van der Waals surface area (Å²) in [5.74, 6) is -0.990. The summed E-state index contributed by atoms with van der Waals surface area (Å²) in [7, 11) is 0. The van der Waals surface area contributed by atoms with E-state index >= 15 is 0 Å². The molecule has 1 aliphatic heterocycles. The van der Waals surface area contributed by atoms with Crippen LogP contribution in [0.5, 0.6) is 0 Å². The van der Waals surface area contributed by atoms with Crippen LogP contribution in [0.2, 0.25) is 0 Å². The molecule has 0 atom stereocenters. The van der Waals surface area contributed by atoms with E-state index in [0.29, 0.717) is 32.2 Å². The maximum Gasteiger partial charge on any atom is 0.410 e. The SMILES string of the molecule is CCCCN1CC2(CCC(C(=O)O)CC2)OC1=O. The van der Waals surface area contributed by atoms with Gasteiger partial charge >= 0.3 is 12.1 Å². The minimum Gasteiger partial charge on any atom is -0.481 e. The first kappa shape index (κ1) is 13.2. The summed E-state index contributed by atoms with van der Waals surface area (Å²) >= 11 is 0. The summed E-state index contributed by atoms with van der Waals surface area (Å²) in [5, 5.41) is 8.97. The van der Waals surface area contributed by atoms with Gasteiger partial charge in [0.25, 0.3) is 0 Å². The topological polar surface area (TPSA) is 66.8 Å². The number of carboxylic acids is 1. The Balaban J connectivity index is 1.91. The Labute approximate surface area is 107 Å². The standard InChI is InChI=1S/C13H21NO4/c1-2-3-8-14-9-13(18-12(14)17)6-4-10(5-7-13)11(15)16/h10H,2-9H2,1H3,(H,15,16). The van der Waals surface area contributed by atoms with Gasteiger partial charge in [-0.25, -0.2) is 4.79 Å². The van der Waals surface area contributed by atoms with Gasteiger partial charge in [0.1, 0.15) is 5.60 Å². The van der Waals surface area contributed by atoms with E-state index in [1.165, 1.54) is 0 Å². The van der Waals surface area contributed by atoms with E-state index in [9.17, 15) is 9.59 Å². The van der Waals surface area contributed by atoms with Gasteiger partial charge in [-0.3, -0.25) is 4.79 Å². The Bertz CT molecular complexity index is 334. The second-order valence-electron chi connectivity index (χ2n) is 5.44. The van der Waals surface area contributed by atoms with Crippen LogP contribution in [0.25, 0.3) is 0 Å². The molecule has 5 heteroatoms. The number of nitrogens with zero attached hydrogens (tertiary/aromatic N) is 1. The van der Waals surface area contributed by atoms with Crippen LogP contribution < -0.4 is 0 Å². The second kappa shape index (κ2) is 5.16. The quantitative estimate of drug-likeness (QED) is 0.836. The number of carbonyl (C=O) groups is 2. The zero-order chi connectivity index (χ0) is 13.2. The van der Waals surface area contributed by atoms with Gasteiger partial charge in [0.05, 0.1) is 12.5 Å². The number of ether oxygens (including phenoxy) is 1. The molecule has 1 saturated heterocycles. The highest BCUT2D eigenvalue weighted by molar-refractivity contribution is 5.72. The fraction of sp³-hybridized carbons (Fsp3) is 0.846. The van der Waals surface area contributed by atoms with Crippen LogP contribution >= 0.6 is 0 Å². The Kier molecular flexibility index (Phi) is 3.78. The molecule has 5 nitrogen and oxygen atoms in total. The molecule has 1 heterocycles. The third-order valence-corrected chi connectivity index (χ3v) is 4.07. The van der Waals surface area contributed by atoms with Crippen molar-refractivity contribution in [3.8, 4) is 0 Å². The maximum atomic E-state index is 11.8. The number of hydrogen-bond acceptors (Lipinski definition) is 3. The van der Waals surface area contributed by atoms with E-state index in [0.717, 1.165) is 19.4 Å². The third kappa shape index (κ3) is 2.60. The van der Waals surface area contributed by atoms with Crippen LogP contribution in [0.3, 0.4) is 0 Å². The molecule has 1 aliphatic carbocycles. The van der Waals surface area contributed by atoms with Crippen molar-refractivity contribution in [2.24, 2.45) is 5.92 Å². The lowest BCUT2D eigenvalue weighted by Crippen LogP contribution is -2.40. The average molecular weight is 255 g/mol. The van der Waals surface area contributed by atoms with Gasteiger partial charge in [-0.2, -0.15) is 0 Å². The number of amides is 1. The van der Waals surface area contributed by atoms with E-state index in [1.54, 1.807) is 4.90 Å². The van der Waals surface area contributed by atoms with Crippen molar-refractivity contribution in [3.63, 3.8) is 0 Å². The zero-order valence-electron chi connectivity index (χ0n) is 10.9. The maximum absolute atomic E-state index is 11.8. The Morgan fingerprint density at radius 3 is 2.72 bits per heavy atom. The van der Waals surface area contributed by atoms with Crippen LogP contribution in [0.15, 0.2) is 0 Å². The molecule has 0 aromatic rings. The molecule has 1 spiro atoms. The molecule has 1 N–H and O–H groups in total. The first-order chi connectivity index (χ1) is 8.56. The monoisotopic (exact) mass is 255 g/mol. The van der Waals surface area contributed by atoms with Crippen LogP contribution in [-0.2, 0) is 9.53 Å². The average Bonchev–Trinajstić information content (AvgIpc) is 2.63. The zero-order valence-corrected chi connectivity index (χ0v) is 10.9. The molecule has 0 unspecified atom stereocenters. The molecule has 18 heavy (non-hydrogen) atoms. The molecule has 2 rings (SSSR count). The molecule has 0 bridgehead atoms. The Morgan fingerprint density at radius 1 is 1.50 bits per heavy atom. The summed E-state index contributed by atoms with van der Waals surface area (Å²) < 4.78 is 5.52. The van der Waals surface area contributed by atoms with Crippen LogP contribution in [0.4, 0.5) is 4.79 Å². The molecule has 0 aromatic carbocycles. The molecule has 1 amide bonds. The van der Waals surface area contributed by atoms with Gasteiger partial charge < -0.3 is 14.7 Å². The van der Waals surface area contributed by atoms with Gasteiger partial charge in [-0.05, 0) is 32.1 Å². The molecule has 2 fully saturated rings. The lowest BCUT2D eigenvalue weighted by Gasteiger charge is -2.33. The lowest BCUT2D eigenvalue weighted by atomic mass is 9.79. The summed E-state index contributed by atoms with van der Waals surface area (Å²) in [4.78, 5) is 24.4. The molecule has 1 saturated carbocycles. The van der Waals surface area contributed by atoms with Crippen molar-refractivity contribution < 1.29 is 19.4 Å². The van der Waals surface area contributed by atoms with Crippen molar-refractivity contribution in [2.75, 3.05) is 13.1 Å². The predicted octanol–water partition coefficient (Wildman–Crippen LogP) is 2.25. The second-order valence-corrected chi connectivity index (χ2v) is 5.44. The highest BCUT2D eigenvalue weighted by atomic mass is 16.6. The van der Waals surface area contributed by atoms with E-state index in [2.05, 4.69) is 6.92 Å². The van der Waals surface area contributed by atoms with Gasteiger partial charge in [0.15, 0.2) is 0 Å². The number of carbonyl (C=O) groups excluding carboxylic acids is 1. The Hall–Kier alpha value is -1.26. The molecule has 0 radical (unpaired) electrons. The van der Waals surface area contributed by atoms with Gasteiger partial charge in [-0.1, -0.05) is 13.3 Å². The van der Waals surface area contributed by atoms with Crippen molar-refractivity contribution in [1.82, 2.24) is 4.90 Å². The van der Waals surface area contributed by atoms with Crippen molar-refractivity contribution >= 4 is 12.1 Å². The van der Waals surface area contributed by atoms with E-state index in [-0.39, 0.29) is 12.0 Å². The first-order valence-electron chi connectivity index (χ1n) is 6.77. The van der Waals surface area contributed by atoms with Gasteiger partial charge in [0, 0.05) is 6.54 Å². The minimum atomic E-state index is -0.725. The van der Waals surface area contributed by atoms with Crippen LogP contribution in [-0.4, -0.2) is 40.8 Å². The summed E-state index contributed by atoms with van der Waals surface area (Å²) in [6, 6.07) is 0. The highest BCUT2D eigenvalue weighted by Crippen LogP contribution is 2.39. The van der Waals surface area contributed by atoms with Crippen molar-refractivity contribution in [3.05, 3.63) is 0 Å². The largest absolute Gasteiger partial charge is 0.481 e. The molecule has 0 aromatic heterocycles. The normalized spacial score (nSPS) is 31.7. The highest BCUT2D eigenvalue weighted by Gasteiger charge is 2.47. The van der Waals surface area contributed by atoms with Crippen molar-refractivity contribution in [2.45, 2.75) is 51.0 Å². The first-order valence-corrected chi connectivity index (χ1v) is 6.77. The minimum absolute atomic E-state index is 0.225. The lowest BCUT2D eigenvalue weighted by molar-refractivity contribution is -0.144. The smallest absolute Gasteiger partial charge is 0.410 e. The number of unbranched alkanes of at least 4 members (excludes halogenated alkanes) is 1. The number of aliphatic carboxylic acids is 1. The van der Waals surface area contributed by atoms with E-state index in [4.69, 9.17) is 9.84 Å². The molecular formula is C13H21NO4. The summed E-state index contributed by atoms with van der Waals surface area (Å²) in [6.07, 6.45) is 4.41. The number of hydrogen-bond donors (Lipinski definition) is 1. The third-order valence-electron chi connectivity index (χ3n) is 4.07. The van der Waals surface area contributed by atoms with E-state index in [1.807, 2.05) is 0 Å². The molecular weight excluding hydrogens is 234 g/mol. The van der Waals surface area contributed by atoms with Gasteiger partial charge in [0.2, 0.25) is 0 Å². The van der Waals surface area contributed by atoms with Gasteiger partial charge in [-0.15, -0.1) is 0 Å². The van der Waals surface area contributed by atoms with Crippen LogP contribution in [0.1, 0.15) is 45.4 Å². The fourth-order valence-corrected chi connectivity index (χ4v) is 2.86. The summed E-state index contributed by atoms with van der Waals surface area (Å²) in [5.41, 5.74) is -0.406. The predicted molar refractivity (Wildman–Crippen MR) is 65.3 cm³/mol. The van der Waals surface area contributed by atoms with E-state index < -0.39 is 11.6 Å². The van der Waals surface area contributed by atoms with Crippen molar-refractivity contribution in [1.29, 1.82) is 0 Å². The molecule has 2 aliphatic rings. The number of rotatable bonds is 4. The Morgan fingerprint density at radius 2 is 2.17 bits per heavy atom. The summed E-state index contributed by atoms with van der Waals surface area (Å²) in [6.45, 7) is 3.48. The number of carboxylic acid groups (broad SMARTS) is 1. The molecule has 102 valence electrons.